The Hall–Kier alpha value is -3.02. The molecule has 0 unspecified atom stereocenters. The van der Waals surface area contributed by atoms with E-state index in [1.807, 2.05) is 12.1 Å². The zero-order valence-electron chi connectivity index (χ0n) is 14.6. The first-order valence-corrected chi connectivity index (χ1v) is 9.58. The van der Waals surface area contributed by atoms with Crippen molar-refractivity contribution in [3.63, 3.8) is 0 Å². The van der Waals surface area contributed by atoms with E-state index in [0.29, 0.717) is 28.4 Å². The Labute approximate surface area is 170 Å². The molecule has 0 saturated heterocycles. The van der Waals surface area contributed by atoms with Crippen molar-refractivity contribution >= 4 is 29.3 Å². The molecular formula is C19H15ClN4O3S. The predicted octanol–water partition coefficient (Wildman–Crippen LogP) is 3.70. The highest BCUT2D eigenvalue weighted by atomic mass is 35.5. The highest BCUT2D eigenvalue weighted by Crippen LogP contribution is 2.24. The Morgan fingerprint density at radius 3 is 2.86 bits per heavy atom. The van der Waals surface area contributed by atoms with Gasteiger partial charge in [0.25, 0.3) is 5.22 Å². The summed E-state index contributed by atoms with van der Waals surface area (Å²) in [5, 5.41) is 20.2. The van der Waals surface area contributed by atoms with Crippen LogP contribution in [0.25, 0.3) is 11.5 Å². The standard InChI is InChI=1S/C19H15ClN4O3S/c20-15-6-4-14(5-7-15)18-23-24-19(27-18)28-12-17(25)22-11-13-2-1-3-16(10-13)26-9-8-21/h1-7,10H,9,11-12H2,(H,22,25). The average Bonchev–Trinajstić information content (AvgIpc) is 3.19. The zero-order chi connectivity index (χ0) is 19.8. The number of carbonyl (C=O) groups is 1. The van der Waals surface area contributed by atoms with Crippen LogP contribution in [0.4, 0.5) is 0 Å². The minimum Gasteiger partial charge on any atom is -0.479 e. The van der Waals surface area contributed by atoms with E-state index < -0.39 is 0 Å². The van der Waals surface area contributed by atoms with E-state index in [-0.39, 0.29) is 18.3 Å². The fourth-order valence-corrected chi connectivity index (χ4v) is 2.94. The third-order valence-corrected chi connectivity index (χ3v) is 4.59. The number of carbonyl (C=O) groups excluding carboxylic acids is 1. The van der Waals surface area contributed by atoms with Crippen molar-refractivity contribution in [2.75, 3.05) is 12.4 Å². The number of halogens is 1. The van der Waals surface area contributed by atoms with Gasteiger partial charge in [-0.15, -0.1) is 10.2 Å². The maximum atomic E-state index is 12.1. The van der Waals surface area contributed by atoms with Crippen molar-refractivity contribution < 1.29 is 13.9 Å². The van der Waals surface area contributed by atoms with Gasteiger partial charge in [-0.1, -0.05) is 35.5 Å². The van der Waals surface area contributed by atoms with Crippen LogP contribution in [0.5, 0.6) is 5.75 Å². The van der Waals surface area contributed by atoms with Gasteiger partial charge in [-0.25, -0.2) is 0 Å². The number of benzene rings is 2. The number of ether oxygens (including phenoxy) is 1. The summed E-state index contributed by atoms with van der Waals surface area (Å²) in [6, 6.07) is 16.2. The van der Waals surface area contributed by atoms with Crippen LogP contribution in [0.1, 0.15) is 5.56 Å². The number of amides is 1. The molecule has 3 aromatic rings. The molecule has 1 N–H and O–H groups in total. The number of rotatable bonds is 8. The van der Waals surface area contributed by atoms with Crippen LogP contribution in [-0.4, -0.2) is 28.5 Å². The first kappa shape index (κ1) is 19.7. The Morgan fingerprint density at radius 1 is 1.25 bits per heavy atom. The molecule has 0 aliphatic heterocycles. The highest BCUT2D eigenvalue weighted by Gasteiger charge is 2.11. The molecule has 0 fully saturated rings. The van der Waals surface area contributed by atoms with Crippen molar-refractivity contribution in [1.82, 2.24) is 15.5 Å². The van der Waals surface area contributed by atoms with Crippen LogP contribution < -0.4 is 10.1 Å². The Kier molecular flexibility index (Phi) is 6.89. The summed E-state index contributed by atoms with van der Waals surface area (Å²) in [6.07, 6.45) is 0. The summed E-state index contributed by atoms with van der Waals surface area (Å²) in [4.78, 5) is 12.1. The van der Waals surface area contributed by atoms with Crippen molar-refractivity contribution in [2.24, 2.45) is 0 Å². The first-order valence-electron chi connectivity index (χ1n) is 8.21. The van der Waals surface area contributed by atoms with Gasteiger partial charge in [-0.05, 0) is 42.0 Å². The molecule has 3 rings (SSSR count). The zero-order valence-corrected chi connectivity index (χ0v) is 16.2. The first-order chi connectivity index (χ1) is 13.6. The van der Waals surface area contributed by atoms with Gasteiger partial charge in [-0.2, -0.15) is 5.26 Å². The molecule has 9 heteroatoms. The van der Waals surface area contributed by atoms with E-state index in [1.54, 1.807) is 42.5 Å². The molecule has 0 aliphatic rings. The molecule has 0 aliphatic carbocycles. The quantitative estimate of drug-likeness (QED) is 0.560. The van der Waals surface area contributed by atoms with Crippen LogP contribution in [-0.2, 0) is 11.3 Å². The van der Waals surface area contributed by atoms with Crippen LogP contribution in [0.15, 0.2) is 58.2 Å². The summed E-state index contributed by atoms with van der Waals surface area (Å²) in [5.41, 5.74) is 1.63. The molecule has 0 spiro atoms. The smallest absolute Gasteiger partial charge is 0.277 e. The summed E-state index contributed by atoms with van der Waals surface area (Å²) in [5.74, 6) is 0.934. The molecule has 1 amide bonds. The number of nitrogens with zero attached hydrogens (tertiary/aromatic N) is 3. The molecule has 28 heavy (non-hydrogen) atoms. The number of hydrogen-bond acceptors (Lipinski definition) is 7. The topological polar surface area (TPSA) is 101 Å². The molecule has 1 aromatic heterocycles. The lowest BCUT2D eigenvalue weighted by Crippen LogP contribution is -2.24. The number of hydrogen-bond donors (Lipinski definition) is 1. The monoisotopic (exact) mass is 414 g/mol. The second-order valence-electron chi connectivity index (χ2n) is 5.54. The van der Waals surface area contributed by atoms with Gasteiger partial charge in [0.2, 0.25) is 11.8 Å². The number of aromatic nitrogens is 2. The third kappa shape index (κ3) is 5.74. The summed E-state index contributed by atoms with van der Waals surface area (Å²) in [6.45, 7) is 0.331. The van der Waals surface area contributed by atoms with E-state index in [4.69, 9.17) is 26.0 Å². The van der Waals surface area contributed by atoms with Gasteiger partial charge in [0.15, 0.2) is 6.61 Å². The van der Waals surface area contributed by atoms with Crippen LogP contribution in [0, 0.1) is 11.3 Å². The highest BCUT2D eigenvalue weighted by molar-refractivity contribution is 7.99. The SMILES string of the molecule is N#CCOc1cccc(CNC(=O)CSc2nnc(-c3ccc(Cl)cc3)o2)c1. The van der Waals surface area contributed by atoms with Gasteiger partial charge in [0, 0.05) is 17.1 Å². The summed E-state index contributed by atoms with van der Waals surface area (Å²) < 4.78 is 10.8. The van der Waals surface area contributed by atoms with Crippen LogP contribution in [0.2, 0.25) is 5.02 Å². The Morgan fingerprint density at radius 2 is 2.07 bits per heavy atom. The second kappa shape index (κ2) is 9.78. The summed E-state index contributed by atoms with van der Waals surface area (Å²) >= 11 is 7.02. The number of nitrogens with one attached hydrogen (secondary N) is 1. The lowest BCUT2D eigenvalue weighted by atomic mass is 10.2. The minimum absolute atomic E-state index is 0.0192. The Balaban J connectivity index is 1.47. The molecule has 0 radical (unpaired) electrons. The van der Waals surface area contributed by atoms with Crippen LogP contribution >= 0.6 is 23.4 Å². The normalized spacial score (nSPS) is 10.3. The number of thioether (sulfide) groups is 1. The van der Waals surface area contributed by atoms with Gasteiger partial charge >= 0.3 is 0 Å². The molecule has 7 nitrogen and oxygen atoms in total. The van der Waals surface area contributed by atoms with E-state index >= 15 is 0 Å². The summed E-state index contributed by atoms with van der Waals surface area (Å²) in [7, 11) is 0. The van der Waals surface area contributed by atoms with E-state index in [0.717, 1.165) is 22.9 Å². The van der Waals surface area contributed by atoms with Crippen molar-refractivity contribution in [3.05, 3.63) is 59.1 Å². The molecule has 0 atom stereocenters. The fraction of sp³-hybridized carbons (Fsp3) is 0.158. The van der Waals surface area contributed by atoms with Gasteiger partial charge in [0.1, 0.15) is 11.8 Å². The van der Waals surface area contributed by atoms with Crippen LogP contribution in [0.3, 0.4) is 0 Å². The van der Waals surface area contributed by atoms with E-state index in [9.17, 15) is 4.79 Å². The lowest BCUT2D eigenvalue weighted by molar-refractivity contribution is -0.118. The number of nitriles is 1. The van der Waals surface area contributed by atoms with Crippen molar-refractivity contribution in [1.29, 1.82) is 5.26 Å². The maximum Gasteiger partial charge on any atom is 0.277 e. The molecule has 2 aromatic carbocycles. The van der Waals surface area contributed by atoms with Gasteiger partial charge in [0.05, 0.1) is 5.75 Å². The average molecular weight is 415 g/mol. The molecule has 1 heterocycles. The Bertz CT molecular complexity index is 985. The van der Waals surface area contributed by atoms with Gasteiger partial charge < -0.3 is 14.5 Å². The molecule has 0 bridgehead atoms. The fourth-order valence-electron chi connectivity index (χ4n) is 2.22. The van der Waals surface area contributed by atoms with Crippen molar-refractivity contribution in [2.45, 2.75) is 11.8 Å². The predicted molar refractivity (Wildman–Crippen MR) is 105 cm³/mol. The third-order valence-electron chi connectivity index (χ3n) is 3.52. The largest absolute Gasteiger partial charge is 0.479 e. The molecule has 0 saturated carbocycles. The van der Waals surface area contributed by atoms with Gasteiger partial charge in [-0.3, -0.25) is 4.79 Å². The van der Waals surface area contributed by atoms with Crippen molar-refractivity contribution in [3.8, 4) is 23.3 Å². The lowest BCUT2D eigenvalue weighted by Gasteiger charge is -2.06. The molecular weight excluding hydrogens is 400 g/mol. The minimum atomic E-state index is -0.167. The second-order valence-corrected chi connectivity index (χ2v) is 6.90. The van der Waals surface area contributed by atoms with E-state index in [2.05, 4.69) is 15.5 Å². The molecule has 142 valence electrons. The van der Waals surface area contributed by atoms with E-state index in [1.165, 1.54) is 0 Å². The maximum absolute atomic E-state index is 12.1.